The summed E-state index contributed by atoms with van der Waals surface area (Å²) in [6.07, 6.45) is 9.28. The van der Waals surface area contributed by atoms with Crippen molar-refractivity contribution >= 4 is 5.97 Å². The molecule has 4 rings (SSSR count). The van der Waals surface area contributed by atoms with Crippen molar-refractivity contribution in [3.8, 4) is 0 Å². The molecule has 0 aromatic rings. The summed E-state index contributed by atoms with van der Waals surface area (Å²) >= 11 is 0. The fraction of sp³-hybridized carbons (Fsp3) is 0.929. The topological polar surface area (TPSA) is 56.8 Å². The number of carbonyl (C=O) groups excluding carboxylic acids is 1. The number of carbonyl (C=O) groups is 1. The highest BCUT2D eigenvalue weighted by atomic mass is 16.9. The number of rotatable bonds is 0. The van der Waals surface area contributed by atoms with Crippen molar-refractivity contribution in [1.29, 1.82) is 0 Å². The Bertz CT molecular complexity index is 393. The van der Waals surface area contributed by atoms with Crippen LogP contribution in [-0.2, 0) is 19.1 Å². The van der Waals surface area contributed by atoms with Crippen molar-refractivity contribution in [2.45, 2.75) is 75.4 Å². The molecule has 1 unspecified atom stereocenters. The van der Waals surface area contributed by atoms with Gasteiger partial charge in [-0.2, -0.15) is 5.48 Å². The molecule has 106 valence electrons. The minimum atomic E-state index is -1.16. The van der Waals surface area contributed by atoms with Crippen molar-refractivity contribution in [2.75, 3.05) is 0 Å². The second kappa shape index (κ2) is 4.17. The molecule has 2 aliphatic carbocycles. The summed E-state index contributed by atoms with van der Waals surface area (Å²) < 4.78 is 11.8. The highest BCUT2D eigenvalue weighted by Crippen LogP contribution is 2.51. The normalized spacial score (nSPS) is 44.5. The van der Waals surface area contributed by atoms with Crippen molar-refractivity contribution < 1.29 is 19.1 Å². The lowest BCUT2D eigenvalue weighted by molar-refractivity contribution is -0.282. The minimum absolute atomic E-state index is 0.107. The minimum Gasteiger partial charge on any atom is -0.429 e. The van der Waals surface area contributed by atoms with Gasteiger partial charge in [-0.15, -0.1) is 0 Å². The predicted octanol–water partition coefficient (Wildman–Crippen LogP) is 2.01. The van der Waals surface area contributed by atoms with E-state index in [9.17, 15) is 4.79 Å². The number of hydrogen-bond acceptors (Lipinski definition) is 5. The van der Waals surface area contributed by atoms with E-state index in [1.165, 1.54) is 12.8 Å². The highest BCUT2D eigenvalue weighted by Gasteiger charge is 2.67. The summed E-state index contributed by atoms with van der Waals surface area (Å²) in [6.45, 7) is 0. The summed E-state index contributed by atoms with van der Waals surface area (Å²) in [5.74, 6) is -2.07. The molecule has 1 N–H and O–H groups in total. The van der Waals surface area contributed by atoms with E-state index in [1.54, 1.807) is 0 Å². The molecule has 0 radical (unpaired) electrons. The number of esters is 1. The standard InChI is InChI=1S/C14H21NO4/c16-12-14(10-6-2-3-7-11(10)15-19-14)18-13(17-12)8-4-1-5-9-13/h10-11,15H,1-9H2/t10-,11-,14?/m0/s1. The Morgan fingerprint density at radius 2 is 1.84 bits per heavy atom. The molecule has 2 spiro atoms. The van der Waals surface area contributed by atoms with Crippen LogP contribution in [0.1, 0.15) is 57.8 Å². The molecule has 5 heteroatoms. The maximum absolute atomic E-state index is 12.4. The zero-order valence-corrected chi connectivity index (χ0v) is 11.2. The highest BCUT2D eigenvalue weighted by molar-refractivity contribution is 5.81. The summed E-state index contributed by atoms with van der Waals surface area (Å²) in [7, 11) is 0. The predicted molar refractivity (Wildman–Crippen MR) is 65.7 cm³/mol. The van der Waals surface area contributed by atoms with Crippen molar-refractivity contribution in [3.63, 3.8) is 0 Å². The van der Waals surface area contributed by atoms with Crippen LogP contribution >= 0.6 is 0 Å². The Kier molecular flexibility index (Phi) is 2.66. The molecular formula is C14H21NO4. The third-order valence-electron chi connectivity index (χ3n) is 5.13. The first-order valence-corrected chi connectivity index (χ1v) is 7.61. The summed E-state index contributed by atoms with van der Waals surface area (Å²) in [5.41, 5.74) is 3.02. The van der Waals surface area contributed by atoms with E-state index in [1.807, 2.05) is 0 Å². The lowest BCUT2D eigenvalue weighted by Crippen LogP contribution is -2.46. The van der Waals surface area contributed by atoms with Gasteiger partial charge in [-0.05, 0) is 25.7 Å². The molecule has 2 aliphatic heterocycles. The first-order valence-electron chi connectivity index (χ1n) is 7.61. The smallest absolute Gasteiger partial charge is 0.371 e. The van der Waals surface area contributed by atoms with Crippen LogP contribution in [0.25, 0.3) is 0 Å². The molecule has 2 saturated heterocycles. The van der Waals surface area contributed by atoms with Crippen molar-refractivity contribution in [3.05, 3.63) is 0 Å². The number of hydrogen-bond donors (Lipinski definition) is 1. The second-order valence-electron chi connectivity index (χ2n) is 6.35. The molecular weight excluding hydrogens is 246 g/mol. The van der Waals surface area contributed by atoms with Crippen LogP contribution < -0.4 is 5.48 Å². The van der Waals surface area contributed by atoms with Crippen LogP contribution in [0.5, 0.6) is 0 Å². The summed E-state index contributed by atoms with van der Waals surface area (Å²) in [5, 5.41) is 0. The zero-order valence-electron chi connectivity index (χ0n) is 11.2. The van der Waals surface area contributed by atoms with E-state index >= 15 is 0 Å². The van der Waals surface area contributed by atoms with Gasteiger partial charge in [-0.25, -0.2) is 4.79 Å². The molecule has 0 bridgehead atoms. The van der Waals surface area contributed by atoms with Crippen LogP contribution in [0.2, 0.25) is 0 Å². The van der Waals surface area contributed by atoms with E-state index < -0.39 is 11.6 Å². The van der Waals surface area contributed by atoms with Gasteiger partial charge in [-0.1, -0.05) is 19.3 Å². The zero-order chi connectivity index (χ0) is 12.9. The van der Waals surface area contributed by atoms with Gasteiger partial charge in [-0.3, -0.25) is 9.57 Å². The quantitative estimate of drug-likeness (QED) is 0.680. The fourth-order valence-electron chi connectivity index (χ4n) is 4.13. The van der Waals surface area contributed by atoms with E-state index in [2.05, 4.69) is 5.48 Å². The van der Waals surface area contributed by atoms with Crippen molar-refractivity contribution in [1.82, 2.24) is 5.48 Å². The Morgan fingerprint density at radius 1 is 1.05 bits per heavy atom. The molecule has 3 atom stereocenters. The van der Waals surface area contributed by atoms with Gasteiger partial charge in [0.1, 0.15) is 0 Å². The van der Waals surface area contributed by atoms with E-state index in [-0.39, 0.29) is 17.9 Å². The Labute approximate surface area is 112 Å². The van der Waals surface area contributed by atoms with Gasteiger partial charge in [0.05, 0.1) is 0 Å². The SMILES string of the molecule is O=C1OC2(CCCCC2)OC12ON[C@H]1CCCC[C@@H]12. The summed E-state index contributed by atoms with van der Waals surface area (Å²) in [4.78, 5) is 18.1. The summed E-state index contributed by atoms with van der Waals surface area (Å²) in [6, 6.07) is 0.236. The molecule has 5 nitrogen and oxygen atoms in total. The number of ether oxygens (including phenoxy) is 2. The molecule has 0 amide bonds. The lowest BCUT2D eigenvalue weighted by Gasteiger charge is -2.33. The Hall–Kier alpha value is -0.650. The number of nitrogens with one attached hydrogen (secondary N) is 1. The van der Waals surface area contributed by atoms with E-state index in [0.717, 1.165) is 44.9 Å². The van der Waals surface area contributed by atoms with Crippen LogP contribution in [0.4, 0.5) is 0 Å². The fourth-order valence-corrected chi connectivity index (χ4v) is 4.13. The maximum atomic E-state index is 12.4. The third kappa shape index (κ3) is 1.68. The number of hydroxylamine groups is 1. The monoisotopic (exact) mass is 267 g/mol. The van der Waals surface area contributed by atoms with Crippen LogP contribution in [0.15, 0.2) is 0 Å². The van der Waals surface area contributed by atoms with E-state index in [0.29, 0.717) is 0 Å². The van der Waals surface area contributed by atoms with Gasteiger partial charge in [0.25, 0.3) is 5.79 Å². The molecule has 2 saturated carbocycles. The molecule has 2 heterocycles. The number of fused-ring (bicyclic) bond motifs is 2. The Morgan fingerprint density at radius 3 is 2.68 bits per heavy atom. The Balaban J connectivity index is 1.62. The van der Waals surface area contributed by atoms with Gasteiger partial charge in [0, 0.05) is 24.8 Å². The molecule has 19 heavy (non-hydrogen) atoms. The maximum Gasteiger partial charge on any atom is 0.371 e. The van der Waals surface area contributed by atoms with Crippen LogP contribution in [0.3, 0.4) is 0 Å². The van der Waals surface area contributed by atoms with Gasteiger partial charge >= 0.3 is 5.97 Å². The lowest BCUT2D eigenvalue weighted by atomic mass is 9.80. The third-order valence-corrected chi connectivity index (χ3v) is 5.13. The first kappa shape index (κ1) is 12.1. The average molecular weight is 267 g/mol. The first-order chi connectivity index (χ1) is 9.24. The van der Waals surface area contributed by atoms with Gasteiger partial charge < -0.3 is 4.74 Å². The largest absolute Gasteiger partial charge is 0.429 e. The molecule has 4 fully saturated rings. The molecule has 0 aromatic carbocycles. The van der Waals surface area contributed by atoms with Gasteiger partial charge in [0.2, 0.25) is 5.79 Å². The van der Waals surface area contributed by atoms with Gasteiger partial charge in [0.15, 0.2) is 0 Å². The average Bonchev–Trinajstić information content (AvgIpc) is 2.92. The molecule has 4 aliphatic rings. The van der Waals surface area contributed by atoms with Crippen LogP contribution in [-0.4, -0.2) is 23.6 Å². The van der Waals surface area contributed by atoms with Crippen molar-refractivity contribution in [2.24, 2.45) is 5.92 Å². The van der Waals surface area contributed by atoms with E-state index in [4.69, 9.17) is 14.3 Å². The molecule has 0 aromatic heterocycles. The van der Waals surface area contributed by atoms with Crippen LogP contribution in [0, 0.1) is 5.92 Å². The second-order valence-corrected chi connectivity index (χ2v) is 6.35.